The number of hydrogen-bond acceptors (Lipinski definition) is 4. The van der Waals surface area contributed by atoms with Gasteiger partial charge in [-0.05, 0) is 0 Å². The van der Waals surface area contributed by atoms with Crippen LogP contribution in [0.25, 0.3) is 0 Å². The van der Waals surface area contributed by atoms with Crippen LogP contribution in [0.5, 0.6) is 0 Å². The Hall–Kier alpha value is 0.850. The maximum absolute atomic E-state index is 12.9. The topological polar surface area (TPSA) is 70.2 Å². The number of alkyl halides is 2. The Labute approximate surface area is 147 Å². The normalized spacial score (nSPS) is 50.1. The van der Waals surface area contributed by atoms with Crippen LogP contribution in [0, 0.1) is 17.8 Å². The fourth-order valence-electron chi connectivity index (χ4n) is 5.18. The molecular weight excluding hydrogens is 494 g/mol. The molecule has 0 aromatic heterocycles. The second-order valence-electron chi connectivity index (χ2n) is 7.42. The summed E-state index contributed by atoms with van der Waals surface area (Å²) >= 11 is -0.0795. The van der Waals surface area contributed by atoms with Gasteiger partial charge in [-0.25, -0.2) is 0 Å². The third-order valence-electron chi connectivity index (χ3n) is 6.32. The molecule has 0 aromatic rings. The monoisotopic (exact) mass is 516 g/mol. The average molecular weight is 516 g/mol. The zero-order valence-corrected chi connectivity index (χ0v) is 16.4. The van der Waals surface area contributed by atoms with Gasteiger partial charge in [-0.15, -0.1) is 0 Å². The molecule has 5 rings (SSSR count). The molecule has 3 saturated carbocycles. The van der Waals surface area contributed by atoms with Gasteiger partial charge in [0, 0.05) is 0 Å². The molecule has 5 fully saturated rings. The molecule has 5 atom stereocenters. The van der Waals surface area contributed by atoms with Crippen LogP contribution in [0.15, 0.2) is 0 Å². The fourth-order valence-corrected chi connectivity index (χ4v) is 11.0. The summed E-state index contributed by atoms with van der Waals surface area (Å²) in [4.78, 5) is 12.9. The van der Waals surface area contributed by atoms with Crippen molar-refractivity contribution in [1.29, 1.82) is 0 Å². The van der Waals surface area contributed by atoms with Gasteiger partial charge in [0.25, 0.3) is 0 Å². The number of ether oxygens (including phenoxy) is 1. The SMILES string of the molecule is O=C(OC1(C2CC3CCC2C3)CCCC1)C1(C2N[I-]2)N[I-]1. The Bertz CT molecular complexity index is 472. The minimum atomic E-state index is -0.209. The van der Waals surface area contributed by atoms with E-state index in [1.807, 2.05) is 0 Å². The van der Waals surface area contributed by atoms with Crippen molar-refractivity contribution in [2.45, 2.75) is 64.6 Å². The van der Waals surface area contributed by atoms with Gasteiger partial charge >= 0.3 is 148 Å². The van der Waals surface area contributed by atoms with Crippen molar-refractivity contribution in [3.63, 3.8) is 0 Å². The Morgan fingerprint density at radius 2 is 1.95 bits per heavy atom. The van der Waals surface area contributed by atoms with Gasteiger partial charge in [-0.1, -0.05) is 0 Å². The number of fused-ring (bicyclic) bond motifs is 2. The fraction of sp³-hybridized carbons (Fsp3) is 0.933. The molecule has 5 aliphatic rings. The van der Waals surface area contributed by atoms with Crippen LogP contribution in [0.1, 0.15) is 51.4 Å². The summed E-state index contributed by atoms with van der Waals surface area (Å²) in [5.41, 5.74) is -0.0782. The van der Waals surface area contributed by atoms with E-state index in [1.165, 1.54) is 38.5 Å². The van der Waals surface area contributed by atoms with Crippen LogP contribution >= 0.6 is 0 Å². The van der Waals surface area contributed by atoms with Crippen molar-refractivity contribution in [2.24, 2.45) is 17.8 Å². The molecule has 21 heavy (non-hydrogen) atoms. The number of carbonyl (C=O) groups is 1. The standard InChI is InChI=1S/C15H22I2N2O2/c20-13(15(17-19-15)12-16-18-12)21-14(5-1-2-6-14)11-8-9-3-4-10(11)7-9/h9-12,18-19H,1-8H2/q-2. The van der Waals surface area contributed by atoms with E-state index < -0.39 is 0 Å². The number of carbonyl (C=O) groups excluding carboxylic acids is 1. The second kappa shape index (κ2) is 4.92. The van der Waals surface area contributed by atoms with E-state index in [2.05, 4.69) is 7.06 Å². The zero-order valence-electron chi connectivity index (χ0n) is 12.0. The van der Waals surface area contributed by atoms with Gasteiger partial charge in [0.05, 0.1) is 0 Å². The predicted octanol–water partition coefficient (Wildman–Crippen LogP) is -4.48. The van der Waals surface area contributed by atoms with E-state index in [9.17, 15) is 4.79 Å². The number of esters is 1. The molecule has 5 unspecified atom stereocenters. The van der Waals surface area contributed by atoms with E-state index in [1.54, 1.807) is 0 Å². The second-order valence-corrected chi connectivity index (χ2v) is 12.7. The van der Waals surface area contributed by atoms with Crippen LogP contribution < -0.4 is 50.0 Å². The molecule has 2 N–H and O–H groups in total. The molecule has 2 aliphatic heterocycles. The third kappa shape index (κ3) is 2.21. The molecule has 2 heterocycles. The van der Waals surface area contributed by atoms with Gasteiger partial charge in [0.15, 0.2) is 0 Å². The van der Waals surface area contributed by atoms with Crippen LogP contribution in [0.2, 0.25) is 0 Å². The van der Waals surface area contributed by atoms with Gasteiger partial charge in [-0.3, -0.25) is 0 Å². The Kier molecular flexibility index (Phi) is 3.33. The first-order valence-corrected chi connectivity index (χ1v) is 12.7. The van der Waals surface area contributed by atoms with Crippen molar-refractivity contribution in [1.82, 2.24) is 7.06 Å². The van der Waals surface area contributed by atoms with Crippen molar-refractivity contribution >= 4 is 5.97 Å². The van der Waals surface area contributed by atoms with Gasteiger partial charge < -0.3 is 0 Å². The van der Waals surface area contributed by atoms with Crippen LogP contribution in [-0.4, -0.2) is 19.2 Å². The van der Waals surface area contributed by atoms with Crippen molar-refractivity contribution < 1.29 is 52.5 Å². The van der Waals surface area contributed by atoms with Crippen molar-refractivity contribution in [2.75, 3.05) is 0 Å². The molecule has 2 saturated heterocycles. The minimum absolute atomic E-state index is 0.0751. The summed E-state index contributed by atoms with van der Waals surface area (Å²) < 4.78 is 13.5. The molecular formula is C15H22I2N2O2-2. The first kappa shape index (κ1) is 14.2. The van der Waals surface area contributed by atoms with Crippen molar-refractivity contribution in [3.05, 3.63) is 0 Å². The number of hydrogen-bond donors (Lipinski definition) is 2. The third-order valence-corrected chi connectivity index (χ3v) is 12.5. The van der Waals surface area contributed by atoms with E-state index >= 15 is 0 Å². The molecule has 0 radical (unpaired) electrons. The van der Waals surface area contributed by atoms with Crippen LogP contribution in [-0.2, 0) is 9.53 Å². The summed E-state index contributed by atoms with van der Waals surface area (Å²) in [6.45, 7) is 0. The molecule has 120 valence electrons. The van der Waals surface area contributed by atoms with Gasteiger partial charge in [0.1, 0.15) is 0 Å². The van der Waals surface area contributed by atoms with Crippen LogP contribution in [0.3, 0.4) is 0 Å². The zero-order chi connectivity index (χ0) is 14.1. The van der Waals surface area contributed by atoms with Crippen LogP contribution in [0.4, 0.5) is 0 Å². The molecule has 0 aromatic carbocycles. The van der Waals surface area contributed by atoms with E-state index in [0.29, 0.717) is 9.97 Å². The summed E-state index contributed by atoms with van der Waals surface area (Å²) in [7, 11) is 0. The van der Waals surface area contributed by atoms with E-state index in [-0.39, 0.29) is 58.1 Å². The number of rotatable bonds is 4. The first-order valence-electron chi connectivity index (χ1n) is 8.25. The molecule has 6 heteroatoms. The molecule has 4 nitrogen and oxygen atoms in total. The van der Waals surface area contributed by atoms with Gasteiger partial charge in [-0.2, -0.15) is 0 Å². The Morgan fingerprint density at radius 3 is 2.48 bits per heavy atom. The number of halogens is 2. The molecule has 2 bridgehead atoms. The summed E-state index contributed by atoms with van der Waals surface area (Å²) in [5, 5.41) is 0. The summed E-state index contributed by atoms with van der Waals surface area (Å²) in [6, 6.07) is 0. The molecule has 0 spiro atoms. The molecule has 3 aliphatic carbocycles. The van der Waals surface area contributed by atoms with Gasteiger partial charge in [0.2, 0.25) is 0 Å². The number of nitrogens with one attached hydrogen (secondary N) is 2. The maximum atomic E-state index is 12.9. The summed E-state index contributed by atoms with van der Waals surface area (Å²) in [5.74, 6) is 2.59. The average Bonchev–Trinajstić information content (AvgIpc) is 3.36. The Morgan fingerprint density at radius 1 is 1.19 bits per heavy atom. The predicted molar refractivity (Wildman–Crippen MR) is 69.0 cm³/mol. The first-order chi connectivity index (χ1) is 10.2. The molecule has 0 amide bonds. The quantitative estimate of drug-likeness (QED) is 0.0989. The van der Waals surface area contributed by atoms with E-state index in [4.69, 9.17) is 4.74 Å². The van der Waals surface area contributed by atoms with E-state index in [0.717, 1.165) is 24.7 Å². The van der Waals surface area contributed by atoms with Crippen molar-refractivity contribution in [3.8, 4) is 0 Å². The Balaban J connectivity index is 1.37. The summed E-state index contributed by atoms with van der Waals surface area (Å²) in [6.07, 6.45) is 10.3.